The molecule has 0 amide bonds. The lowest BCUT2D eigenvalue weighted by Crippen LogP contribution is -2.17. The van der Waals surface area contributed by atoms with Crippen LogP contribution in [0, 0.1) is 0 Å². The normalized spacial score (nSPS) is 18.8. The number of thioether (sulfide) groups is 1. The fourth-order valence-electron chi connectivity index (χ4n) is 5.48. The lowest BCUT2D eigenvalue weighted by atomic mass is 10.1. The van der Waals surface area contributed by atoms with E-state index in [2.05, 4.69) is 52.9 Å². The number of hydrogen-bond acceptors (Lipinski definition) is 9. The van der Waals surface area contributed by atoms with E-state index >= 15 is 0 Å². The molecule has 2 atom stereocenters. The molecule has 0 spiro atoms. The van der Waals surface area contributed by atoms with Crippen LogP contribution in [0.15, 0.2) is 47.6 Å². The van der Waals surface area contributed by atoms with Crippen molar-refractivity contribution in [3.63, 3.8) is 0 Å². The SMILES string of the molecule is CCCSc1nc(Oc2c(OC)cc(CN[C@@H]3C[C@H]3c3ccccc3)cc2OC)c2nnn(C3CCCC3)c2n1. The van der Waals surface area contributed by atoms with Crippen LogP contribution in [0.25, 0.3) is 11.2 Å². The summed E-state index contributed by atoms with van der Waals surface area (Å²) >= 11 is 1.61. The van der Waals surface area contributed by atoms with E-state index in [0.717, 1.165) is 37.0 Å². The minimum absolute atomic E-state index is 0.306. The maximum absolute atomic E-state index is 6.45. The van der Waals surface area contributed by atoms with Crippen LogP contribution < -0.4 is 19.5 Å². The van der Waals surface area contributed by atoms with Gasteiger partial charge in [-0.3, -0.25) is 0 Å². The Kier molecular flexibility index (Phi) is 8.06. The number of methoxy groups -OCH3 is 2. The quantitative estimate of drug-likeness (QED) is 0.158. The van der Waals surface area contributed by atoms with Gasteiger partial charge in [0.15, 0.2) is 27.8 Å². The Labute approximate surface area is 239 Å². The van der Waals surface area contributed by atoms with E-state index in [9.17, 15) is 0 Å². The molecule has 40 heavy (non-hydrogen) atoms. The van der Waals surface area contributed by atoms with Crippen molar-refractivity contribution >= 4 is 22.9 Å². The third-order valence-electron chi connectivity index (χ3n) is 7.68. The van der Waals surface area contributed by atoms with Crippen molar-refractivity contribution < 1.29 is 14.2 Å². The van der Waals surface area contributed by atoms with Gasteiger partial charge in [-0.1, -0.05) is 67.1 Å². The molecule has 0 radical (unpaired) electrons. The van der Waals surface area contributed by atoms with E-state index in [1.54, 1.807) is 26.0 Å². The molecule has 4 aromatic rings. The maximum atomic E-state index is 6.45. The van der Waals surface area contributed by atoms with Gasteiger partial charge in [0, 0.05) is 24.3 Å². The molecule has 6 rings (SSSR count). The van der Waals surface area contributed by atoms with Crippen LogP contribution in [0.5, 0.6) is 23.1 Å². The van der Waals surface area contributed by atoms with Gasteiger partial charge in [0.25, 0.3) is 5.88 Å². The first kappa shape index (κ1) is 26.8. The topological polar surface area (TPSA) is 96.2 Å². The molecule has 210 valence electrons. The van der Waals surface area contributed by atoms with Gasteiger partial charge in [0.2, 0.25) is 5.75 Å². The number of benzene rings is 2. The van der Waals surface area contributed by atoms with Crippen LogP contribution in [0.1, 0.15) is 68.5 Å². The molecule has 2 fully saturated rings. The Morgan fingerprint density at radius 1 is 1.02 bits per heavy atom. The molecule has 9 nitrogen and oxygen atoms in total. The molecular formula is C30H36N6O3S. The Bertz CT molecular complexity index is 1430. The summed E-state index contributed by atoms with van der Waals surface area (Å²) in [5.41, 5.74) is 3.70. The molecular weight excluding hydrogens is 524 g/mol. The first-order valence-corrected chi connectivity index (χ1v) is 15.1. The summed E-state index contributed by atoms with van der Waals surface area (Å²) in [6, 6.07) is 15.4. The molecule has 2 aliphatic rings. The molecule has 2 saturated carbocycles. The second kappa shape index (κ2) is 12.0. The molecule has 2 aliphatic carbocycles. The number of aromatic nitrogens is 5. The standard InChI is InChI=1S/C30H36N6O3S/c1-4-14-40-30-32-28-26(34-35-36(28)21-12-8-9-13-21)29(33-30)39-27-24(37-2)15-19(16-25(27)38-3)18-31-23-17-22(23)20-10-6-5-7-11-20/h5-7,10-11,15-16,21-23,31H,4,8-9,12-14,17-18H2,1-3H3/t22-,23+/m0/s1. The number of nitrogens with zero attached hydrogens (tertiary/aromatic N) is 5. The third kappa shape index (κ3) is 5.60. The highest BCUT2D eigenvalue weighted by Crippen LogP contribution is 2.44. The van der Waals surface area contributed by atoms with Gasteiger partial charge in [-0.2, -0.15) is 4.98 Å². The molecule has 10 heteroatoms. The highest BCUT2D eigenvalue weighted by molar-refractivity contribution is 7.99. The fourth-order valence-corrected chi connectivity index (χ4v) is 6.17. The highest BCUT2D eigenvalue weighted by atomic mass is 32.2. The van der Waals surface area contributed by atoms with Gasteiger partial charge in [0.1, 0.15) is 0 Å². The Hall–Kier alpha value is -3.37. The third-order valence-corrected chi connectivity index (χ3v) is 8.74. The predicted molar refractivity (Wildman–Crippen MR) is 156 cm³/mol. The Balaban J connectivity index is 1.27. The molecule has 0 saturated heterocycles. The van der Waals surface area contributed by atoms with E-state index in [4.69, 9.17) is 24.2 Å². The molecule has 2 heterocycles. The summed E-state index contributed by atoms with van der Waals surface area (Å²) < 4.78 is 20.0. The largest absolute Gasteiger partial charge is 0.493 e. The first-order valence-electron chi connectivity index (χ1n) is 14.1. The van der Waals surface area contributed by atoms with Crippen molar-refractivity contribution in [3.05, 3.63) is 53.6 Å². The van der Waals surface area contributed by atoms with E-state index < -0.39 is 0 Å². The summed E-state index contributed by atoms with van der Waals surface area (Å²) in [6.45, 7) is 2.84. The summed E-state index contributed by atoms with van der Waals surface area (Å²) in [5.74, 6) is 3.44. The van der Waals surface area contributed by atoms with Gasteiger partial charge in [-0.05, 0) is 48.9 Å². The van der Waals surface area contributed by atoms with Gasteiger partial charge in [-0.25, -0.2) is 9.67 Å². The molecule has 2 aromatic carbocycles. The number of rotatable bonds is 12. The number of hydrogen-bond donors (Lipinski definition) is 1. The summed E-state index contributed by atoms with van der Waals surface area (Å²) in [5, 5.41) is 13.3. The van der Waals surface area contributed by atoms with Gasteiger partial charge in [-0.15, -0.1) is 5.10 Å². The van der Waals surface area contributed by atoms with Crippen LogP contribution in [0.4, 0.5) is 0 Å². The number of fused-ring (bicyclic) bond motifs is 1. The molecule has 0 bridgehead atoms. The van der Waals surface area contributed by atoms with Crippen molar-refractivity contribution in [2.75, 3.05) is 20.0 Å². The van der Waals surface area contributed by atoms with Crippen LogP contribution >= 0.6 is 11.8 Å². The van der Waals surface area contributed by atoms with Crippen LogP contribution in [0.2, 0.25) is 0 Å². The maximum Gasteiger partial charge on any atom is 0.254 e. The average molecular weight is 561 g/mol. The van der Waals surface area contributed by atoms with Crippen LogP contribution in [-0.4, -0.2) is 51.0 Å². The van der Waals surface area contributed by atoms with E-state index in [1.165, 1.54) is 18.4 Å². The molecule has 0 aliphatic heterocycles. The summed E-state index contributed by atoms with van der Waals surface area (Å²) in [6.07, 6.45) is 6.72. The van der Waals surface area contributed by atoms with Crippen molar-refractivity contribution in [2.45, 2.75) is 75.2 Å². The first-order chi connectivity index (χ1) is 19.7. The van der Waals surface area contributed by atoms with Crippen molar-refractivity contribution in [2.24, 2.45) is 0 Å². The summed E-state index contributed by atoms with van der Waals surface area (Å²) in [7, 11) is 3.28. The second-order valence-electron chi connectivity index (χ2n) is 10.5. The van der Waals surface area contributed by atoms with Crippen LogP contribution in [0.3, 0.4) is 0 Å². The van der Waals surface area contributed by atoms with Crippen molar-refractivity contribution in [3.8, 4) is 23.1 Å². The highest BCUT2D eigenvalue weighted by Gasteiger charge is 2.37. The smallest absolute Gasteiger partial charge is 0.254 e. The van der Waals surface area contributed by atoms with Gasteiger partial charge >= 0.3 is 0 Å². The minimum Gasteiger partial charge on any atom is -0.493 e. The molecule has 1 N–H and O–H groups in total. The van der Waals surface area contributed by atoms with Gasteiger partial charge in [0.05, 0.1) is 20.3 Å². The predicted octanol–water partition coefficient (Wildman–Crippen LogP) is 6.29. The molecule has 2 aromatic heterocycles. The van der Waals surface area contributed by atoms with E-state index in [-0.39, 0.29) is 0 Å². The van der Waals surface area contributed by atoms with Crippen molar-refractivity contribution in [1.29, 1.82) is 0 Å². The van der Waals surface area contributed by atoms with E-state index in [1.807, 2.05) is 16.8 Å². The number of nitrogens with one attached hydrogen (secondary N) is 1. The lowest BCUT2D eigenvalue weighted by molar-refractivity contribution is 0.341. The lowest BCUT2D eigenvalue weighted by Gasteiger charge is -2.16. The number of ether oxygens (including phenoxy) is 3. The Morgan fingerprint density at radius 3 is 2.48 bits per heavy atom. The van der Waals surface area contributed by atoms with Crippen LogP contribution in [-0.2, 0) is 6.54 Å². The zero-order valence-electron chi connectivity index (χ0n) is 23.3. The van der Waals surface area contributed by atoms with Gasteiger partial charge < -0.3 is 19.5 Å². The minimum atomic E-state index is 0.306. The monoisotopic (exact) mass is 560 g/mol. The second-order valence-corrected chi connectivity index (χ2v) is 11.5. The van der Waals surface area contributed by atoms with E-state index in [0.29, 0.717) is 64.0 Å². The van der Waals surface area contributed by atoms with Crippen molar-refractivity contribution in [1.82, 2.24) is 30.3 Å². The summed E-state index contributed by atoms with van der Waals surface area (Å²) in [4.78, 5) is 9.57. The zero-order chi connectivity index (χ0) is 27.5. The molecule has 0 unspecified atom stereocenters. The Morgan fingerprint density at radius 2 is 1.77 bits per heavy atom. The zero-order valence-corrected chi connectivity index (χ0v) is 24.1. The fraction of sp³-hybridized carbons (Fsp3) is 0.467. The average Bonchev–Trinajstić information content (AvgIpc) is 3.34.